The molecule has 2 rings (SSSR count). The van der Waals surface area contributed by atoms with Gasteiger partial charge in [0.1, 0.15) is 5.75 Å². The van der Waals surface area contributed by atoms with E-state index in [1.807, 2.05) is 30.3 Å². The van der Waals surface area contributed by atoms with Crippen LogP contribution < -0.4 is 4.74 Å². The van der Waals surface area contributed by atoms with Crippen LogP contribution in [0.4, 0.5) is 0 Å². The molecule has 0 saturated carbocycles. The molecule has 3 heteroatoms. The minimum absolute atomic E-state index is 0.0155. The molecule has 0 aliphatic heterocycles. The molecule has 0 atom stereocenters. The average molecular weight is 235 g/mol. The van der Waals surface area contributed by atoms with Gasteiger partial charge in [0.25, 0.3) is 0 Å². The maximum atomic E-state index is 11.4. The van der Waals surface area contributed by atoms with Crippen LogP contribution in [0.15, 0.2) is 36.4 Å². The standard InChI is InChI=1S/C13H11ClO2/c1-16-12-5-4-9-6-11(13(15)8-14)3-2-10(9)7-12/h2-7H,8H2,1H3. The SMILES string of the molecule is COc1ccc2cc(C(=O)CCl)ccc2c1. The molecule has 2 nitrogen and oxygen atoms in total. The highest BCUT2D eigenvalue weighted by Crippen LogP contribution is 2.22. The lowest BCUT2D eigenvalue weighted by atomic mass is 10.0. The van der Waals surface area contributed by atoms with Gasteiger partial charge in [0.05, 0.1) is 13.0 Å². The summed E-state index contributed by atoms with van der Waals surface area (Å²) in [6.07, 6.45) is 0. The Kier molecular flexibility index (Phi) is 3.11. The molecular formula is C13H11ClO2. The van der Waals surface area contributed by atoms with Crippen LogP contribution >= 0.6 is 11.6 Å². The van der Waals surface area contributed by atoms with Crippen molar-refractivity contribution in [2.24, 2.45) is 0 Å². The van der Waals surface area contributed by atoms with Crippen molar-refractivity contribution in [2.45, 2.75) is 0 Å². The van der Waals surface area contributed by atoms with Crippen LogP contribution in [0.2, 0.25) is 0 Å². The summed E-state index contributed by atoms with van der Waals surface area (Å²) in [5, 5.41) is 2.06. The van der Waals surface area contributed by atoms with Crippen molar-refractivity contribution < 1.29 is 9.53 Å². The van der Waals surface area contributed by atoms with Crippen LogP contribution in [0.5, 0.6) is 5.75 Å². The van der Waals surface area contributed by atoms with Crippen molar-refractivity contribution in [3.63, 3.8) is 0 Å². The number of methoxy groups -OCH3 is 1. The number of benzene rings is 2. The summed E-state index contributed by atoms with van der Waals surface area (Å²) in [5.74, 6) is 0.769. The third kappa shape index (κ3) is 2.02. The number of hydrogen-bond acceptors (Lipinski definition) is 2. The van der Waals surface area contributed by atoms with Crippen LogP contribution in [0.1, 0.15) is 10.4 Å². The zero-order valence-electron chi connectivity index (χ0n) is 8.87. The monoisotopic (exact) mass is 234 g/mol. The Morgan fingerprint density at radius 3 is 2.56 bits per heavy atom. The lowest BCUT2D eigenvalue weighted by Crippen LogP contribution is -1.99. The topological polar surface area (TPSA) is 26.3 Å². The van der Waals surface area contributed by atoms with E-state index in [1.54, 1.807) is 13.2 Å². The molecule has 0 unspecified atom stereocenters. The number of halogens is 1. The molecule has 0 spiro atoms. The molecule has 0 saturated heterocycles. The number of carbonyl (C=O) groups is 1. The van der Waals surface area contributed by atoms with Crippen molar-refractivity contribution in [2.75, 3.05) is 13.0 Å². The second-order valence-electron chi connectivity index (χ2n) is 3.48. The Morgan fingerprint density at radius 2 is 1.88 bits per heavy atom. The molecule has 0 radical (unpaired) electrons. The van der Waals surface area contributed by atoms with E-state index in [9.17, 15) is 4.79 Å². The Morgan fingerprint density at radius 1 is 1.19 bits per heavy atom. The molecule has 0 amide bonds. The Bertz CT molecular complexity index is 534. The zero-order valence-corrected chi connectivity index (χ0v) is 9.62. The molecule has 2 aromatic carbocycles. The quantitative estimate of drug-likeness (QED) is 0.602. The van der Waals surface area contributed by atoms with Crippen LogP contribution in [0.25, 0.3) is 10.8 Å². The van der Waals surface area contributed by atoms with Crippen LogP contribution in [-0.4, -0.2) is 18.8 Å². The number of rotatable bonds is 3. The van der Waals surface area contributed by atoms with Gasteiger partial charge in [-0.15, -0.1) is 11.6 Å². The average Bonchev–Trinajstić information content (AvgIpc) is 2.36. The Balaban J connectivity index is 2.51. The molecule has 16 heavy (non-hydrogen) atoms. The van der Waals surface area contributed by atoms with Crippen molar-refractivity contribution in [3.05, 3.63) is 42.0 Å². The van der Waals surface area contributed by atoms with Gasteiger partial charge in [-0.2, -0.15) is 0 Å². The molecule has 0 bridgehead atoms. The molecule has 0 aliphatic carbocycles. The summed E-state index contributed by atoms with van der Waals surface area (Å²) in [5.41, 5.74) is 0.646. The second kappa shape index (κ2) is 4.54. The van der Waals surface area contributed by atoms with Gasteiger partial charge in [-0.25, -0.2) is 0 Å². The summed E-state index contributed by atoms with van der Waals surface area (Å²) in [4.78, 5) is 11.4. The minimum Gasteiger partial charge on any atom is -0.497 e. The fourth-order valence-corrected chi connectivity index (χ4v) is 1.76. The smallest absolute Gasteiger partial charge is 0.177 e. The molecule has 82 valence electrons. The highest BCUT2D eigenvalue weighted by molar-refractivity contribution is 6.30. The van der Waals surface area contributed by atoms with E-state index < -0.39 is 0 Å². The number of hydrogen-bond donors (Lipinski definition) is 0. The predicted octanol–water partition coefficient (Wildman–Crippen LogP) is 3.27. The summed E-state index contributed by atoms with van der Waals surface area (Å²) < 4.78 is 5.13. The molecule has 2 aromatic rings. The van der Waals surface area contributed by atoms with E-state index in [2.05, 4.69) is 0 Å². The third-order valence-corrected chi connectivity index (χ3v) is 2.73. The van der Waals surface area contributed by atoms with Crippen molar-refractivity contribution >= 4 is 28.2 Å². The van der Waals surface area contributed by atoms with Gasteiger partial charge in [0, 0.05) is 5.56 Å². The molecule has 0 aromatic heterocycles. The summed E-state index contributed by atoms with van der Waals surface area (Å²) in [6, 6.07) is 11.3. The predicted molar refractivity (Wildman–Crippen MR) is 65.6 cm³/mol. The van der Waals surface area contributed by atoms with E-state index in [0.717, 1.165) is 16.5 Å². The van der Waals surface area contributed by atoms with Gasteiger partial charge in [0.2, 0.25) is 0 Å². The maximum Gasteiger partial charge on any atom is 0.177 e. The van der Waals surface area contributed by atoms with Gasteiger partial charge in [-0.1, -0.05) is 18.2 Å². The fourth-order valence-electron chi connectivity index (χ4n) is 1.60. The van der Waals surface area contributed by atoms with E-state index in [-0.39, 0.29) is 11.7 Å². The molecular weight excluding hydrogens is 224 g/mol. The van der Waals surface area contributed by atoms with E-state index in [0.29, 0.717) is 5.56 Å². The summed E-state index contributed by atoms with van der Waals surface area (Å²) in [6.45, 7) is 0. The number of fused-ring (bicyclic) bond motifs is 1. The first-order valence-electron chi connectivity index (χ1n) is 4.91. The van der Waals surface area contributed by atoms with Crippen molar-refractivity contribution in [1.29, 1.82) is 0 Å². The first kappa shape index (κ1) is 11.0. The van der Waals surface area contributed by atoms with Crippen LogP contribution in [0.3, 0.4) is 0 Å². The normalized spacial score (nSPS) is 10.4. The van der Waals surface area contributed by atoms with Crippen LogP contribution in [-0.2, 0) is 0 Å². The van der Waals surface area contributed by atoms with Crippen molar-refractivity contribution in [1.82, 2.24) is 0 Å². The van der Waals surface area contributed by atoms with Crippen molar-refractivity contribution in [3.8, 4) is 5.75 Å². The maximum absolute atomic E-state index is 11.4. The van der Waals surface area contributed by atoms with Gasteiger partial charge in [0.15, 0.2) is 5.78 Å². The van der Waals surface area contributed by atoms with E-state index in [4.69, 9.17) is 16.3 Å². The van der Waals surface area contributed by atoms with E-state index >= 15 is 0 Å². The largest absolute Gasteiger partial charge is 0.497 e. The second-order valence-corrected chi connectivity index (χ2v) is 3.75. The molecule has 0 heterocycles. The van der Waals surface area contributed by atoms with E-state index in [1.165, 1.54) is 0 Å². The molecule has 0 N–H and O–H groups in total. The Hall–Kier alpha value is -1.54. The fraction of sp³-hybridized carbons (Fsp3) is 0.154. The highest BCUT2D eigenvalue weighted by Gasteiger charge is 2.05. The lowest BCUT2D eigenvalue weighted by molar-refractivity contribution is 0.102. The highest BCUT2D eigenvalue weighted by atomic mass is 35.5. The first-order chi connectivity index (χ1) is 7.74. The van der Waals surface area contributed by atoms with Gasteiger partial charge in [-0.05, 0) is 29.0 Å². The third-order valence-electron chi connectivity index (χ3n) is 2.49. The number of carbonyl (C=O) groups excluding carboxylic acids is 1. The minimum atomic E-state index is -0.0561. The van der Waals surface area contributed by atoms with Gasteiger partial charge in [-0.3, -0.25) is 4.79 Å². The molecule has 0 aliphatic rings. The Labute approximate surface area is 98.8 Å². The van der Waals surface area contributed by atoms with Gasteiger partial charge >= 0.3 is 0 Å². The molecule has 0 fully saturated rings. The number of ether oxygens (including phenoxy) is 1. The summed E-state index contributed by atoms with van der Waals surface area (Å²) >= 11 is 5.52. The number of ketones is 1. The number of Topliss-reactive ketones (excluding diaryl/α,β-unsaturated/α-hetero) is 1. The van der Waals surface area contributed by atoms with Crippen LogP contribution in [0, 0.1) is 0 Å². The first-order valence-corrected chi connectivity index (χ1v) is 5.45. The summed E-state index contributed by atoms with van der Waals surface area (Å²) in [7, 11) is 1.63. The lowest BCUT2D eigenvalue weighted by Gasteiger charge is -2.04. The number of alkyl halides is 1. The van der Waals surface area contributed by atoms with Gasteiger partial charge < -0.3 is 4.74 Å². The zero-order chi connectivity index (χ0) is 11.5.